The van der Waals surface area contributed by atoms with Gasteiger partial charge < -0.3 is 14.7 Å². The molecule has 0 unspecified atom stereocenters. The van der Waals surface area contributed by atoms with Gasteiger partial charge in [-0.2, -0.15) is 5.10 Å². The summed E-state index contributed by atoms with van der Waals surface area (Å²) < 4.78 is 5.28. The number of piperidine rings is 1. The van der Waals surface area contributed by atoms with Gasteiger partial charge in [0.25, 0.3) is 5.91 Å². The minimum absolute atomic E-state index is 0.0534. The molecule has 0 bridgehead atoms. The Morgan fingerprint density at radius 1 is 1.24 bits per heavy atom. The van der Waals surface area contributed by atoms with Gasteiger partial charge in [0, 0.05) is 24.8 Å². The number of aliphatic hydroxyl groups excluding tert-OH is 1. The third kappa shape index (κ3) is 4.00. The van der Waals surface area contributed by atoms with Crippen molar-refractivity contribution < 1.29 is 14.6 Å². The number of carbonyl (C=O) groups is 1. The predicted octanol–water partition coefficient (Wildman–Crippen LogP) is 3.07. The van der Waals surface area contributed by atoms with E-state index in [2.05, 4.69) is 15.2 Å². The molecule has 1 aliphatic rings. The first-order valence-electron chi connectivity index (χ1n) is 9.73. The number of likely N-dealkylation sites (tertiary alicyclic amines) is 1. The van der Waals surface area contributed by atoms with Crippen LogP contribution in [-0.4, -0.2) is 51.3 Å². The summed E-state index contributed by atoms with van der Waals surface area (Å²) >= 11 is 0. The Bertz CT molecular complexity index is 965. The topological polar surface area (TPSA) is 91.3 Å². The summed E-state index contributed by atoms with van der Waals surface area (Å²) in [7, 11) is 1.61. The van der Waals surface area contributed by atoms with Crippen molar-refractivity contribution in [2.75, 3.05) is 20.2 Å². The van der Waals surface area contributed by atoms with Gasteiger partial charge in [0.2, 0.25) is 0 Å². The number of ether oxygens (including phenoxy) is 1. The molecule has 2 aromatic heterocycles. The van der Waals surface area contributed by atoms with Gasteiger partial charge in [0.1, 0.15) is 5.75 Å². The molecular weight excluding hydrogens is 368 g/mol. The first kappa shape index (κ1) is 19.1. The van der Waals surface area contributed by atoms with Crippen molar-refractivity contribution in [1.82, 2.24) is 20.1 Å². The van der Waals surface area contributed by atoms with E-state index >= 15 is 0 Å². The second-order valence-electron chi connectivity index (χ2n) is 7.22. The molecule has 7 nitrogen and oxygen atoms in total. The molecule has 2 N–H and O–H groups in total. The molecule has 1 aromatic carbocycles. The van der Waals surface area contributed by atoms with Crippen LogP contribution < -0.4 is 4.74 Å². The van der Waals surface area contributed by atoms with Crippen LogP contribution >= 0.6 is 0 Å². The highest BCUT2D eigenvalue weighted by Crippen LogP contribution is 2.31. The second kappa shape index (κ2) is 8.45. The number of aromatic amines is 1. The van der Waals surface area contributed by atoms with Gasteiger partial charge in [-0.05, 0) is 43.0 Å². The number of carbonyl (C=O) groups excluding carboxylic acids is 1. The largest absolute Gasteiger partial charge is 0.497 e. The van der Waals surface area contributed by atoms with Crippen LogP contribution in [0.5, 0.6) is 5.75 Å². The van der Waals surface area contributed by atoms with Gasteiger partial charge in [-0.15, -0.1) is 0 Å². The number of methoxy groups -OCH3 is 1. The summed E-state index contributed by atoms with van der Waals surface area (Å²) in [5, 5.41) is 17.6. The number of aromatic nitrogens is 3. The van der Waals surface area contributed by atoms with Crippen LogP contribution in [0.3, 0.4) is 0 Å². The molecular formula is C22H24N4O3. The predicted molar refractivity (Wildman–Crippen MR) is 108 cm³/mol. The Labute approximate surface area is 169 Å². The Morgan fingerprint density at radius 3 is 2.79 bits per heavy atom. The van der Waals surface area contributed by atoms with E-state index in [1.807, 2.05) is 47.4 Å². The molecule has 0 aliphatic carbocycles. The maximum atomic E-state index is 13.1. The molecule has 29 heavy (non-hydrogen) atoms. The fraction of sp³-hybridized carbons (Fsp3) is 0.318. The zero-order valence-electron chi connectivity index (χ0n) is 16.3. The minimum atomic E-state index is -0.602. The van der Waals surface area contributed by atoms with Crippen molar-refractivity contribution in [2.24, 2.45) is 5.92 Å². The van der Waals surface area contributed by atoms with E-state index in [1.165, 1.54) is 0 Å². The Kier molecular flexibility index (Phi) is 5.57. The molecule has 1 saturated heterocycles. The molecule has 3 heterocycles. The molecule has 3 aromatic rings. The van der Waals surface area contributed by atoms with Gasteiger partial charge >= 0.3 is 0 Å². The van der Waals surface area contributed by atoms with E-state index in [0.717, 1.165) is 24.2 Å². The van der Waals surface area contributed by atoms with E-state index < -0.39 is 6.10 Å². The third-order valence-corrected chi connectivity index (χ3v) is 5.49. The van der Waals surface area contributed by atoms with Crippen molar-refractivity contribution in [1.29, 1.82) is 0 Å². The highest BCUT2D eigenvalue weighted by Gasteiger charge is 2.30. The lowest BCUT2D eigenvalue weighted by Crippen LogP contribution is -2.40. The number of H-pyrrole nitrogens is 1. The summed E-state index contributed by atoms with van der Waals surface area (Å²) in [5.74, 6) is 0.762. The van der Waals surface area contributed by atoms with Crippen LogP contribution in [0, 0.1) is 5.92 Å². The lowest BCUT2D eigenvalue weighted by Gasteiger charge is -2.34. The Morgan fingerprint density at radius 2 is 2.07 bits per heavy atom. The monoisotopic (exact) mass is 392 g/mol. The normalized spacial score (nSPS) is 15.9. The van der Waals surface area contributed by atoms with Gasteiger partial charge in [-0.1, -0.05) is 18.2 Å². The smallest absolute Gasteiger partial charge is 0.257 e. The number of nitrogens with zero attached hydrogens (tertiary/aromatic N) is 3. The molecule has 0 spiro atoms. The fourth-order valence-corrected chi connectivity index (χ4v) is 3.83. The number of pyridine rings is 1. The highest BCUT2D eigenvalue weighted by atomic mass is 16.5. The zero-order valence-corrected chi connectivity index (χ0v) is 16.3. The first-order chi connectivity index (χ1) is 14.2. The van der Waals surface area contributed by atoms with E-state index in [-0.39, 0.29) is 11.8 Å². The van der Waals surface area contributed by atoms with E-state index in [0.29, 0.717) is 30.0 Å². The van der Waals surface area contributed by atoms with Crippen LogP contribution in [0.1, 0.15) is 35.0 Å². The number of nitrogens with one attached hydrogen (secondary N) is 1. The summed E-state index contributed by atoms with van der Waals surface area (Å²) in [5.41, 5.74) is 2.77. The van der Waals surface area contributed by atoms with Gasteiger partial charge in [-0.25, -0.2) is 0 Å². The van der Waals surface area contributed by atoms with Crippen LogP contribution in [0.2, 0.25) is 0 Å². The van der Waals surface area contributed by atoms with Gasteiger partial charge in [0.05, 0.1) is 36.4 Å². The maximum absolute atomic E-state index is 13.1. The molecule has 1 aliphatic heterocycles. The number of hydrogen-bond acceptors (Lipinski definition) is 5. The molecule has 0 saturated carbocycles. The Hall–Kier alpha value is -3.19. The SMILES string of the molecule is COc1cccc(-c2[nH]ncc2C(=O)N2CCC([C@H](O)c3ccccn3)CC2)c1. The summed E-state index contributed by atoms with van der Waals surface area (Å²) in [6.07, 6.45) is 4.13. The first-order valence-corrected chi connectivity index (χ1v) is 9.73. The van der Waals surface area contributed by atoms with E-state index in [1.54, 1.807) is 19.5 Å². The van der Waals surface area contributed by atoms with Crippen molar-refractivity contribution in [3.05, 3.63) is 66.1 Å². The van der Waals surface area contributed by atoms with Crippen molar-refractivity contribution in [3.63, 3.8) is 0 Å². The minimum Gasteiger partial charge on any atom is -0.497 e. The number of hydrogen-bond donors (Lipinski definition) is 2. The zero-order chi connectivity index (χ0) is 20.2. The number of rotatable bonds is 5. The molecule has 0 radical (unpaired) electrons. The molecule has 1 fully saturated rings. The number of amides is 1. The number of benzene rings is 1. The maximum Gasteiger partial charge on any atom is 0.257 e. The summed E-state index contributed by atoms with van der Waals surface area (Å²) in [6.45, 7) is 1.19. The Balaban J connectivity index is 1.45. The average molecular weight is 392 g/mol. The van der Waals surface area contributed by atoms with Crippen LogP contribution in [0.15, 0.2) is 54.9 Å². The van der Waals surface area contributed by atoms with Crippen molar-refractivity contribution in [3.8, 4) is 17.0 Å². The molecule has 7 heteroatoms. The van der Waals surface area contributed by atoms with Crippen LogP contribution in [0.4, 0.5) is 0 Å². The summed E-state index contributed by atoms with van der Waals surface area (Å²) in [6, 6.07) is 13.1. The molecule has 4 rings (SSSR count). The highest BCUT2D eigenvalue weighted by molar-refractivity contribution is 5.99. The van der Waals surface area contributed by atoms with Gasteiger partial charge in [0.15, 0.2) is 0 Å². The average Bonchev–Trinajstić information content (AvgIpc) is 3.29. The lowest BCUT2D eigenvalue weighted by atomic mass is 9.89. The third-order valence-electron chi connectivity index (χ3n) is 5.49. The molecule has 1 atom stereocenters. The molecule has 1 amide bonds. The standard InChI is InChI=1S/C22H24N4O3/c1-29-17-6-4-5-16(13-17)20-18(14-24-25-20)22(28)26-11-8-15(9-12-26)21(27)19-7-2-3-10-23-19/h2-7,10,13-15,21,27H,8-9,11-12H2,1H3,(H,24,25)/t21-/m0/s1. The van der Waals surface area contributed by atoms with Crippen LogP contribution in [0.25, 0.3) is 11.3 Å². The fourth-order valence-electron chi connectivity index (χ4n) is 3.83. The molecule has 150 valence electrons. The van der Waals surface area contributed by atoms with E-state index in [9.17, 15) is 9.90 Å². The lowest BCUT2D eigenvalue weighted by molar-refractivity contribution is 0.0448. The second-order valence-corrected chi connectivity index (χ2v) is 7.22. The van der Waals surface area contributed by atoms with Gasteiger partial charge in [-0.3, -0.25) is 14.9 Å². The summed E-state index contributed by atoms with van der Waals surface area (Å²) in [4.78, 5) is 19.2. The van der Waals surface area contributed by atoms with Crippen LogP contribution in [-0.2, 0) is 0 Å². The number of aliphatic hydroxyl groups is 1. The van der Waals surface area contributed by atoms with Crippen molar-refractivity contribution in [2.45, 2.75) is 18.9 Å². The van der Waals surface area contributed by atoms with Crippen molar-refractivity contribution >= 4 is 5.91 Å². The van der Waals surface area contributed by atoms with E-state index in [4.69, 9.17) is 4.74 Å². The quantitative estimate of drug-likeness (QED) is 0.696.